The van der Waals surface area contributed by atoms with Gasteiger partial charge in [-0.3, -0.25) is 4.79 Å². The Morgan fingerprint density at radius 3 is 1.66 bits per heavy atom. The van der Waals surface area contributed by atoms with E-state index in [1.165, 1.54) is 17.1 Å². The van der Waals surface area contributed by atoms with Gasteiger partial charge in [0.25, 0.3) is 5.91 Å². The van der Waals surface area contributed by atoms with Crippen LogP contribution in [0.4, 0.5) is 5.82 Å². The summed E-state index contributed by atoms with van der Waals surface area (Å²) in [5.41, 5.74) is 8.43. The number of nitrogens with one attached hydrogen (secondary N) is 3. The first-order valence-corrected chi connectivity index (χ1v) is 19.6. The molecule has 4 aromatic heterocycles. The summed E-state index contributed by atoms with van der Waals surface area (Å²) < 4.78 is 1.14. The lowest BCUT2D eigenvalue weighted by Gasteiger charge is -2.35. The average Bonchev–Trinajstić information content (AvgIpc) is 4.07. The lowest BCUT2D eigenvalue weighted by Crippen LogP contribution is -2.49. The summed E-state index contributed by atoms with van der Waals surface area (Å²) in [5.74, 6) is 0.124. The number of carbonyl (C=O) groups is 2. The first-order valence-electron chi connectivity index (χ1n) is 18.8. The molecule has 0 radical (unpaired) electrons. The molecule has 1 aliphatic heterocycles. The quantitative estimate of drug-likeness (QED) is 0.117. The van der Waals surface area contributed by atoms with Crippen molar-refractivity contribution in [2.75, 3.05) is 31.1 Å². The number of benzene rings is 5. The molecule has 11 heteroatoms. The van der Waals surface area contributed by atoms with Gasteiger partial charge in [0.15, 0.2) is 0 Å². The summed E-state index contributed by atoms with van der Waals surface area (Å²) in [5, 5.41) is 21.9. The summed E-state index contributed by atoms with van der Waals surface area (Å²) in [6.45, 7) is 2.70. The van der Waals surface area contributed by atoms with Crippen molar-refractivity contribution in [1.29, 1.82) is 0 Å². The van der Waals surface area contributed by atoms with Gasteiger partial charge in [0.1, 0.15) is 11.6 Å². The molecule has 5 heterocycles. The van der Waals surface area contributed by atoms with E-state index in [0.717, 1.165) is 54.4 Å². The fourth-order valence-corrected chi connectivity index (χ4v) is 7.75. The second kappa shape index (κ2) is 16.9. The van der Waals surface area contributed by atoms with Crippen LogP contribution in [0.1, 0.15) is 20.7 Å². The third kappa shape index (κ3) is 8.21. The molecule has 5 aromatic carbocycles. The number of hydrogen-bond acceptors (Lipinski definition) is 5. The number of hydrogen-bond donors (Lipinski definition) is 5. The number of piperazine rings is 1. The summed E-state index contributed by atoms with van der Waals surface area (Å²) >= 11 is 3.46. The molecule has 288 valence electrons. The molecule has 9 aromatic rings. The Morgan fingerprint density at radius 2 is 1.10 bits per heavy atom. The SMILES string of the molecule is Brc1cccc2[nH]ccc12.O=C(O)c1cccc(-c2cccc3[nH]ccc23)c1.O=C(c1cccc(-c2cccc3[nH]ccc23)c1)N1CCN(c2ccc(O)cn2)CC1. The van der Waals surface area contributed by atoms with Gasteiger partial charge in [-0.15, -0.1) is 0 Å². The van der Waals surface area contributed by atoms with Crippen LogP contribution in [0.3, 0.4) is 0 Å². The molecular weight excluding hydrogens is 792 g/mol. The second-order valence-electron chi connectivity index (χ2n) is 13.8. The third-order valence-corrected chi connectivity index (χ3v) is 10.9. The van der Waals surface area contributed by atoms with Crippen LogP contribution < -0.4 is 4.90 Å². The molecule has 0 saturated carbocycles. The van der Waals surface area contributed by atoms with Crippen LogP contribution in [0.15, 0.2) is 163 Å². The molecule has 1 amide bonds. The maximum Gasteiger partial charge on any atom is 0.335 e. The molecule has 1 aliphatic rings. The van der Waals surface area contributed by atoms with Gasteiger partial charge in [-0.25, -0.2) is 9.78 Å². The summed E-state index contributed by atoms with van der Waals surface area (Å²) in [6, 6.07) is 42.6. The topological polar surface area (TPSA) is 141 Å². The van der Waals surface area contributed by atoms with Crippen LogP contribution >= 0.6 is 15.9 Å². The number of nitrogens with zero attached hydrogens (tertiary/aromatic N) is 3. The fraction of sp³-hybridized carbons (Fsp3) is 0.0851. The molecule has 10 rings (SSSR count). The van der Waals surface area contributed by atoms with Crippen LogP contribution in [-0.4, -0.2) is 73.1 Å². The smallest absolute Gasteiger partial charge is 0.335 e. The van der Waals surface area contributed by atoms with Crippen LogP contribution in [0, 0.1) is 0 Å². The van der Waals surface area contributed by atoms with E-state index < -0.39 is 5.97 Å². The minimum Gasteiger partial charge on any atom is -0.506 e. The molecule has 10 nitrogen and oxygen atoms in total. The van der Waals surface area contributed by atoms with Gasteiger partial charge in [-0.05, 0) is 101 Å². The monoisotopic (exact) mass is 830 g/mol. The van der Waals surface area contributed by atoms with Gasteiger partial charge in [0, 0.05) is 87.5 Å². The third-order valence-electron chi connectivity index (χ3n) is 10.2. The minimum atomic E-state index is -0.905. The zero-order valence-corrected chi connectivity index (χ0v) is 32.9. The number of aromatic hydroxyl groups is 1. The Bertz CT molecular complexity index is 2850. The first kappa shape index (κ1) is 37.8. The zero-order valence-electron chi connectivity index (χ0n) is 31.3. The molecule has 0 spiro atoms. The molecule has 58 heavy (non-hydrogen) atoms. The number of halogens is 1. The van der Waals surface area contributed by atoms with Gasteiger partial charge < -0.3 is 35.0 Å². The van der Waals surface area contributed by atoms with E-state index in [1.54, 1.807) is 30.3 Å². The van der Waals surface area contributed by atoms with Crippen molar-refractivity contribution in [2.45, 2.75) is 0 Å². The van der Waals surface area contributed by atoms with Crippen molar-refractivity contribution in [3.8, 4) is 28.0 Å². The number of anilines is 1. The standard InChI is InChI=1S/C24H22N4O2.C15H11NO2.C8H6BrN/c29-19-7-8-23(26-16-19)27-11-13-28(14-12-27)24(30)18-4-1-3-17(15-18)20-5-2-6-22-21(20)9-10-25-22;17-15(18)11-4-1-3-10(9-11)12-5-2-6-14-13(12)7-8-16-14;9-7-2-1-3-8-6(7)4-5-10-8/h1-10,15-16,25,29H,11-14H2;1-9,16H,(H,17,18);1-5,10H. The highest BCUT2D eigenvalue weighted by molar-refractivity contribution is 9.10. The maximum absolute atomic E-state index is 13.1. The maximum atomic E-state index is 13.1. The predicted octanol–water partition coefficient (Wildman–Crippen LogP) is 10.4. The Labute approximate surface area is 342 Å². The van der Waals surface area contributed by atoms with Crippen molar-refractivity contribution >= 4 is 66.3 Å². The van der Waals surface area contributed by atoms with Gasteiger partial charge in [-0.2, -0.15) is 0 Å². The van der Waals surface area contributed by atoms with Crippen LogP contribution in [0.25, 0.3) is 55.0 Å². The van der Waals surface area contributed by atoms with Crippen molar-refractivity contribution < 1.29 is 19.8 Å². The van der Waals surface area contributed by atoms with Crippen molar-refractivity contribution in [2.24, 2.45) is 0 Å². The highest BCUT2D eigenvalue weighted by Crippen LogP contribution is 2.30. The number of amides is 1. The molecule has 5 N–H and O–H groups in total. The lowest BCUT2D eigenvalue weighted by atomic mass is 9.99. The van der Waals surface area contributed by atoms with Gasteiger partial charge in [0.05, 0.1) is 11.8 Å². The summed E-state index contributed by atoms with van der Waals surface area (Å²) in [4.78, 5) is 41.9. The number of aromatic nitrogens is 4. The molecular formula is C47H39BrN6O4. The number of H-pyrrole nitrogens is 3. The van der Waals surface area contributed by atoms with Crippen LogP contribution in [0.2, 0.25) is 0 Å². The summed E-state index contributed by atoms with van der Waals surface area (Å²) in [7, 11) is 0. The number of carbonyl (C=O) groups excluding carboxylic acids is 1. The number of carboxylic acids is 1. The minimum absolute atomic E-state index is 0.0522. The highest BCUT2D eigenvalue weighted by atomic mass is 79.9. The Balaban J connectivity index is 0.000000140. The number of aromatic amines is 3. The number of fused-ring (bicyclic) bond motifs is 3. The van der Waals surface area contributed by atoms with Crippen LogP contribution in [-0.2, 0) is 0 Å². The van der Waals surface area contributed by atoms with E-state index in [1.807, 2.05) is 96.3 Å². The largest absolute Gasteiger partial charge is 0.506 e. The fourth-order valence-electron chi connectivity index (χ4n) is 7.25. The van der Waals surface area contributed by atoms with Gasteiger partial charge in [0.2, 0.25) is 0 Å². The van der Waals surface area contributed by atoms with E-state index in [2.05, 4.69) is 71.1 Å². The van der Waals surface area contributed by atoms with Crippen molar-refractivity contribution in [3.05, 3.63) is 174 Å². The van der Waals surface area contributed by atoms with Gasteiger partial charge >= 0.3 is 5.97 Å². The number of pyridine rings is 1. The van der Waals surface area contributed by atoms with E-state index in [-0.39, 0.29) is 11.7 Å². The Morgan fingerprint density at radius 1 is 0.586 bits per heavy atom. The van der Waals surface area contributed by atoms with E-state index in [0.29, 0.717) is 37.3 Å². The summed E-state index contributed by atoms with van der Waals surface area (Å²) in [6.07, 6.45) is 7.21. The van der Waals surface area contributed by atoms with Gasteiger partial charge in [-0.1, -0.05) is 70.5 Å². The van der Waals surface area contributed by atoms with Crippen LogP contribution in [0.5, 0.6) is 5.75 Å². The molecule has 1 saturated heterocycles. The Hall–Kier alpha value is -7.11. The number of carboxylic acid groups (broad SMARTS) is 1. The Kier molecular flexibility index (Phi) is 11.0. The number of aromatic carboxylic acids is 1. The number of rotatable bonds is 5. The molecule has 1 fully saturated rings. The highest BCUT2D eigenvalue weighted by Gasteiger charge is 2.23. The lowest BCUT2D eigenvalue weighted by molar-refractivity contribution is 0.0695. The van der Waals surface area contributed by atoms with E-state index in [4.69, 9.17) is 5.11 Å². The van der Waals surface area contributed by atoms with E-state index >= 15 is 0 Å². The molecule has 0 bridgehead atoms. The normalized spacial score (nSPS) is 12.5. The van der Waals surface area contributed by atoms with Crippen molar-refractivity contribution in [3.63, 3.8) is 0 Å². The zero-order chi connectivity index (χ0) is 40.0. The molecule has 0 aliphatic carbocycles. The predicted molar refractivity (Wildman–Crippen MR) is 234 cm³/mol. The average molecular weight is 832 g/mol. The molecule has 0 atom stereocenters. The van der Waals surface area contributed by atoms with E-state index in [9.17, 15) is 14.7 Å². The second-order valence-corrected chi connectivity index (χ2v) is 14.6. The molecule has 0 unspecified atom stereocenters. The van der Waals surface area contributed by atoms with Crippen molar-refractivity contribution in [1.82, 2.24) is 24.8 Å². The first-order chi connectivity index (χ1) is 28.3.